The van der Waals surface area contributed by atoms with Gasteiger partial charge in [0, 0.05) is 0 Å². The van der Waals surface area contributed by atoms with Gasteiger partial charge in [-0.25, -0.2) is 0 Å². The predicted octanol–water partition coefficient (Wildman–Crippen LogP) is 3.37. The second-order valence-corrected chi connectivity index (χ2v) is 6.63. The van der Waals surface area contributed by atoms with E-state index >= 15 is 0 Å². The van der Waals surface area contributed by atoms with Crippen molar-refractivity contribution in [3.8, 4) is 0 Å². The van der Waals surface area contributed by atoms with Gasteiger partial charge in [0.2, 0.25) is 0 Å². The van der Waals surface area contributed by atoms with Gasteiger partial charge in [0.1, 0.15) is 0 Å². The molecule has 0 saturated carbocycles. The molecule has 0 unspecified atom stereocenters. The van der Waals surface area contributed by atoms with Crippen LogP contribution in [0.25, 0.3) is 0 Å². The Hall–Kier alpha value is 0.302. The van der Waals surface area contributed by atoms with Crippen LogP contribution in [0.5, 0.6) is 0 Å². The summed E-state index contributed by atoms with van der Waals surface area (Å²) in [5.41, 5.74) is 1.36. The highest BCUT2D eigenvalue weighted by Crippen LogP contribution is 2.07. The van der Waals surface area contributed by atoms with Gasteiger partial charge in [0.15, 0.2) is 0 Å². The maximum absolute atomic E-state index is 6.05. The van der Waals surface area contributed by atoms with E-state index in [-0.39, 0.29) is 0 Å². The van der Waals surface area contributed by atoms with Gasteiger partial charge in [-0.05, 0) is 13.8 Å². The van der Waals surface area contributed by atoms with E-state index in [0.29, 0.717) is 0 Å². The van der Waals surface area contributed by atoms with E-state index in [4.69, 9.17) is 10.0 Å². The SMILES string of the molecule is C=C[CH2][Al]([Cl])[CH2]C=C(C)C. The number of rotatable bonds is 4. The first-order valence-corrected chi connectivity index (χ1v) is 6.93. The fraction of sp³-hybridized carbons (Fsp3) is 0.500. The van der Waals surface area contributed by atoms with Crippen LogP contribution < -0.4 is 0 Å². The molecular weight excluding hydrogens is 159 g/mol. The number of halogens is 1. The third-order valence-electron chi connectivity index (χ3n) is 1.20. The normalized spacial score (nSPS) is 8.70. The minimum atomic E-state index is -0.980. The molecule has 2 heteroatoms. The largest absolute Gasteiger partial charge is 0.407 e. The maximum atomic E-state index is 6.05. The van der Waals surface area contributed by atoms with Crippen molar-refractivity contribution in [3.63, 3.8) is 0 Å². The molecule has 0 radical (unpaired) electrons. The molecule has 0 aliphatic rings. The summed E-state index contributed by atoms with van der Waals surface area (Å²) >= 11 is -0.980. The van der Waals surface area contributed by atoms with Gasteiger partial charge in [-0.15, -0.1) is 12.7 Å². The van der Waals surface area contributed by atoms with Crippen molar-refractivity contribution in [2.24, 2.45) is 0 Å². The summed E-state index contributed by atoms with van der Waals surface area (Å²) in [4.78, 5) is 0. The van der Waals surface area contributed by atoms with Crippen LogP contribution in [0.1, 0.15) is 13.8 Å². The number of hydrogen-bond acceptors (Lipinski definition) is 0. The highest BCUT2D eigenvalue weighted by Gasteiger charge is 2.08. The van der Waals surface area contributed by atoms with Crippen LogP contribution in [0.4, 0.5) is 0 Å². The fourth-order valence-electron chi connectivity index (χ4n) is 0.641. The molecule has 0 aliphatic carbocycles. The Morgan fingerprint density at radius 2 is 2.10 bits per heavy atom. The first-order valence-electron chi connectivity index (χ1n) is 3.55. The Morgan fingerprint density at radius 1 is 1.50 bits per heavy atom. The molecule has 0 amide bonds. The van der Waals surface area contributed by atoms with Crippen LogP contribution in [0.15, 0.2) is 24.3 Å². The second-order valence-electron chi connectivity index (χ2n) is 2.64. The van der Waals surface area contributed by atoms with Crippen molar-refractivity contribution in [3.05, 3.63) is 24.3 Å². The van der Waals surface area contributed by atoms with Crippen LogP contribution in [0.2, 0.25) is 10.6 Å². The summed E-state index contributed by atoms with van der Waals surface area (Å²) in [5, 5.41) is 2.13. The molecule has 0 atom stereocenters. The molecule has 0 N–H and O–H groups in total. The van der Waals surface area contributed by atoms with Gasteiger partial charge in [-0.3, -0.25) is 10.0 Å². The predicted molar refractivity (Wildman–Crippen MR) is 50.8 cm³/mol. The summed E-state index contributed by atoms with van der Waals surface area (Å²) < 4.78 is 0. The lowest BCUT2D eigenvalue weighted by Crippen LogP contribution is -1.98. The molecule has 0 saturated heterocycles. The third kappa shape index (κ3) is 6.42. The molecule has 0 aromatic rings. The summed E-state index contributed by atoms with van der Waals surface area (Å²) in [6.45, 7) is 7.86. The van der Waals surface area contributed by atoms with Crippen LogP contribution >= 0.6 is 10.0 Å². The summed E-state index contributed by atoms with van der Waals surface area (Å²) in [7, 11) is 6.05. The van der Waals surface area contributed by atoms with E-state index in [2.05, 4.69) is 26.5 Å². The smallest absolute Gasteiger partial charge is 0.260 e. The zero-order valence-electron chi connectivity index (χ0n) is 6.73. The zero-order valence-corrected chi connectivity index (χ0v) is 8.64. The Morgan fingerprint density at radius 3 is 2.50 bits per heavy atom. The number of hydrogen-bond donors (Lipinski definition) is 0. The van der Waals surface area contributed by atoms with Crippen molar-refractivity contribution in [2.45, 2.75) is 24.4 Å². The molecule has 0 bridgehead atoms. The molecule has 0 aromatic carbocycles. The Balaban J connectivity index is 3.48. The van der Waals surface area contributed by atoms with Crippen LogP contribution in [0, 0.1) is 0 Å². The molecule has 56 valence electrons. The van der Waals surface area contributed by atoms with E-state index in [0.717, 1.165) is 10.6 Å². The van der Waals surface area contributed by atoms with Crippen molar-refractivity contribution in [2.75, 3.05) is 0 Å². The first-order chi connectivity index (χ1) is 4.66. The molecule has 0 fully saturated rings. The van der Waals surface area contributed by atoms with Crippen molar-refractivity contribution in [1.29, 1.82) is 0 Å². The molecule has 0 heterocycles. The minimum Gasteiger partial charge on any atom is -0.260 e. The quantitative estimate of drug-likeness (QED) is 0.451. The average molecular weight is 173 g/mol. The molecule has 0 aromatic heterocycles. The molecule has 0 aliphatic heterocycles. The van der Waals surface area contributed by atoms with Crippen molar-refractivity contribution < 1.29 is 0 Å². The molecule has 0 nitrogen and oxygen atoms in total. The molecular formula is C8H14AlCl. The highest BCUT2D eigenvalue weighted by molar-refractivity contribution is 7.07. The van der Waals surface area contributed by atoms with E-state index in [1.165, 1.54) is 5.57 Å². The Labute approximate surface area is 72.2 Å². The first kappa shape index (κ1) is 10.3. The lowest BCUT2D eigenvalue weighted by Gasteiger charge is -1.94. The van der Waals surface area contributed by atoms with E-state index < -0.39 is 13.2 Å². The lowest BCUT2D eigenvalue weighted by atomic mass is 10.3. The molecule has 10 heavy (non-hydrogen) atoms. The Kier molecular flexibility index (Phi) is 6.22. The Bertz CT molecular complexity index is 125. The average Bonchev–Trinajstić information content (AvgIpc) is 1.85. The summed E-state index contributed by atoms with van der Waals surface area (Å²) in [5.74, 6) is 0. The van der Waals surface area contributed by atoms with Crippen LogP contribution in [-0.4, -0.2) is 13.2 Å². The molecule has 0 rings (SSSR count). The third-order valence-corrected chi connectivity index (χ3v) is 3.87. The van der Waals surface area contributed by atoms with Crippen molar-refractivity contribution >= 4 is 23.3 Å². The van der Waals surface area contributed by atoms with Crippen LogP contribution in [0.3, 0.4) is 0 Å². The van der Waals surface area contributed by atoms with E-state index in [9.17, 15) is 0 Å². The summed E-state index contributed by atoms with van der Waals surface area (Å²) in [6.07, 6.45) is 4.14. The fourth-order valence-corrected chi connectivity index (χ4v) is 2.57. The van der Waals surface area contributed by atoms with E-state index in [1.54, 1.807) is 0 Å². The second kappa shape index (κ2) is 6.04. The summed E-state index contributed by atoms with van der Waals surface area (Å²) in [6, 6.07) is 0. The van der Waals surface area contributed by atoms with Gasteiger partial charge < -0.3 is 0 Å². The van der Waals surface area contributed by atoms with E-state index in [1.807, 2.05) is 6.08 Å². The van der Waals surface area contributed by atoms with Gasteiger partial charge in [0.25, 0.3) is 0 Å². The van der Waals surface area contributed by atoms with Gasteiger partial charge in [0.05, 0.1) is 0 Å². The van der Waals surface area contributed by atoms with Gasteiger partial charge in [-0.2, -0.15) is 0 Å². The van der Waals surface area contributed by atoms with Crippen LogP contribution in [-0.2, 0) is 0 Å². The van der Waals surface area contributed by atoms with Crippen molar-refractivity contribution in [1.82, 2.24) is 0 Å². The van der Waals surface area contributed by atoms with Gasteiger partial charge >= 0.3 is 13.2 Å². The van der Waals surface area contributed by atoms with Gasteiger partial charge in [-0.1, -0.05) is 22.2 Å². The maximum Gasteiger partial charge on any atom is 0.407 e. The topological polar surface area (TPSA) is 0 Å². The monoisotopic (exact) mass is 172 g/mol. The minimum absolute atomic E-state index is 0.980. The zero-order chi connectivity index (χ0) is 7.98. The number of allylic oxidation sites excluding steroid dienone is 3. The highest BCUT2D eigenvalue weighted by atomic mass is 35.6. The molecule has 0 spiro atoms. The standard InChI is InChI=1S/C5H9.C3H5.Al.ClH/c1-4-5(2)3;1-3-2;;/h4H,1H2,2-3H3;3H,1-2H2;;1H/q;;+1;/p-1. The lowest BCUT2D eigenvalue weighted by molar-refractivity contribution is 1.35.